The van der Waals surface area contributed by atoms with Crippen molar-refractivity contribution >= 4 is 22.8 Å². The lowest BCUT2D eigenvalue weighted by atomic mass is 9.98. The quantitative estimate of drug-likeness (QED) is 0.747. The molecular weight excluding hydrogens is 224 g/mol. The third-order valence-corrected chi connectivity index (χ3v) is 3.30. The first-order valence-corrected chi connectivity index (χ1v) is 6.19. The van der Waals surface area contributed by atoms with Crippen molar-refractivity contribution < 1.29 is 9.53 Å². The Bertz CT molecular complexity index is 653. The maximum Gasteiger partial charge on any atom is 0.338 e. The second-order valence-electron chi connectivity index (χ2n) is 4.40. The Hall–Kier alpha value is -2.09. The minimum Gasteiger partial charge on any atom is -0.462 e. The SMILES string of the molecule is CCOC(=O)c1ccc2ccc3c(c2c1)CC=C3. The fraction of sp³-hybridized carbons (Fsp3) is 0.188. The topological polar surface area (TPSA) is 26.3 Å². The predicted octanol–water partition coefficient (Wildman–Crippen LogP) is 3.59. The van der Waals surface area contributed by atoms with Gasteiger partial charge < -0.3 is 4.74 Å². The minimum atomic E-state index is -0.247. The second-order valence-corrected chi connectivity index (χ2v) is 4.40. The second kappa shape index (κ2) is 4.30. The number of carbonyl (C=O) groups is 1. The van der Waals surface area contributed by atoms with E-state index in [-0.39, 0.29) is 5.97 Å². The molecule has 2 nitrogen and oxygen atoms in total. The number of fused-ring (bicyclic) bond motifs is 3. The molecule has 2 aromatic carbocycles. The van der Waals surface area contributed by atoms with Gasteiger partial charge in [-0.2, -0.15) is 0 Å². The Kier molecular flexibility index (Phi) is 2.63. The Morgan fingerprint density at radius 2 is 2.11 bits per heavy atom. The molecule has 0 aliphatic heterocycles. The molecule has 2 aromatic rings. The van der Waals surface area contributed by atoms with Crippen LogP contribution in [-0.4, -0.2) is 12.6 Å². The van der Waals surface area contributed by atoms with Crippen LogP contribution in [0.25, 0.3) is 16.8 Å². The van der Waals surface area contributed by atoms with E-state index >= 15 is 0 Å². The fourth-order valence-electron chi connectivity index (χ4n) is 2.43. The summed E-state index contributed by atoms with van der Waals surface area (Å²) < 4.78 is 5.04. The standard InChI is InChI=1S/C16H14O2/c1-2-18-16(17)13-9-8-12-7-6-11-4-3-5-14(11)15(12)10-13/h3-4,6-10H,2,5H2,1H3. The van der Waals surface area contributed by atoms with Gasteiger partial charge in [-0.25, -0.2) is 4.79 Å². The average Bonchev–Trinajstić information content (AvgIpc) is 2.87. The van der Waals surface area contributed by atoms with E-state index in [1.807, 2.05) is 25.1 Å². The molecule has 0 bridgehead atoms. The molecule has 18 heavy (non-hydrogen) atoms. The van der Waals surface area contributed by atoms with Gasteiger partial charge in [-0.1, -0.05) is 30.4 Å². The first-order chi connectivity index (χ1) is 8.79. The first kappa shape index (κ1) is 11.0. The maximum absolute atomic E-state index is 11.8. The van der Waals surface area contributed by atoms with Crippen LogP contribution >= 0.6 is 0 Å². The van der Waals surface area contributed by atoms with E-state index in [1.165, 1.54) is 16.5 Å². The van der Waals surface area contributed by atoms with Crippen molar-refractivity contribution in [1.29, 1.82) is 0 Å². The number of rotatable bonds is 2. The van der Waals surface area contributed by atoms with Crippen LogP contribution in [-0.2, 0) is 11.2 Å². The van der Waals surface area contributed by atoms with Gasteiger partial charge in [0.15, 0.2) is 0 Å². The highest BCUT2D eigenvalue weighted by Crippen LogP contribution is 2.29. The molecule has 0 N–H and O–H groups in total. The molecule has 1 aliphatic carbocycles. The zero-order valence-corrected chi connectivity index (χ0v) is 10.3. The van der Waals surface area contributed by atoms with Gasteiger partial charge in [-0.05, 0) is 47.4 Å². The van der Waals surface area contributed by atoms with Crippen LogP contribution in [0.4, 0.5) is 0 Å². The van der Waals surface area contributed by atoms with Gasteiger partial charge in [0.1, 0.15) is 0 Å². The lowest BCUT2D eigenvalue weighted by molar-refractivity contribution is 0.0526. The Morgan fingerprint density at radius 3 is 2.94 bits per heavy atom. The summed E-state index contributed by atoms with van der Waals surface area (Å²) in [7, 11) is 0. The molecular formula is C16H14O2. The van der Waals surface area contributed by atoms with Crippen LogP contribution in [0.2, 0.25) is 0 Å². The van der Waals surface area contributed by atoms with Gasteiger partial charge in [0, 0.05) is 0 Å². The van der Waals surface area contributed by atoms with E-state index in [2.05, 4.69) is 24.3 Å². The van der Waals surface area contributed by atoms with Crippen molar-refractivity contribution in [3.05, 3.63) is 53.1 Å². The van der Waals surface area contributed by atoms with Crippen LogP contribution in [0.1, 0.15) is 28.4 Å². The maximum atomic E-state index is 11.8. The lowest BCUT2D eigenvalue weighted by Crippen LogP contribution is -2.04. The molecule has 90 valence electrons. The van der Waals surface area contributed by atoms with Crippen LogP contribution in [0, 0.1) is 0 Å². The van der Waals surface area contributed by atoms with Gasteiger partial charge in [-0.3, -0.25) is 0 Å². The zero-order chi connectivity index (χ0) is 12.5. The van der Waals surface area contributed by atoms with Crippen LogP contribution in [0.3, 0.4) is 0 Å². The van der Waals surface area contributed by atoms with Crippen LogP contribution in [0.15, 0.2) is 36.4 Å². The normalized spacial score (nSPS) is 12.7. The van der Waals surface area contributed by atoms with E-state index in [9.17, 15) is 4.79 Å². The first-order valence-electron chi connectivity index (χ1n) is 6.19. The summed E-state index contributed by atoms with van der Waals surface area (Å²) in [4.78, 5) is 11.8. The molecule has 3 rings (SSSR count). The van der Waals surface area contributed by atoms with Crippen LogP contribution < -0.4 is 0 Å². The average molecular weight is 238 g/mol. The molecule has 0 amide bonds. The number of hydrogen-bond donors (Lipinski definition) is 0. The zero-order valence-electron chi connectivity index (χ0n) is 10.3. The molecule has 0 heterocycles. The van der Waals surface area contributed by atoms with E-state index < -0.39 is 0 Å². The summed E-state index contributed by atoms with van der Waals surface area (Å²) in [5.74, 6) is -0.247. The Morgan fingerprint density at radius 1 is 1.28 bits per heavy atom. The Balaban J connectivity index is 2.14. The number of benzene rings is 2. The number of ether oxygens (including phenoxy) is 1. The smallest absolute Gasteiger partial charge is 0.338 e. The summed E-state index contributed by atoms with van der Waals surface area (Å²) in [5.41, 5.74) is 3.19. The molecule has 0 radical (unpaired) electrons. The Labute approximate surface area is 106 Å². The molecule has 0 spiro atoms. The van der Waals surface area contributed by atoms with E-state index in [0.717, 1.165) is 11.8 Å². The molecule has 0 saturated heterocycles. The molecule has 1 aliphatic rings. The molecule has 0 saturated carbocycles. The van der Waals surface area contributed by atoms with Crippen molar-refractivity contribution in [2.24, 2.45) is 0 Å². The monoisotopic (exact) mass is 238 g/mol. The fourth-order valence-corrected chi connectivity index (χ4v) is 2.43. The van der Waals surface area contributed by atoms with Crippen LogP contribution in [0.5, 0.6) is 0 Å². The third-order valence-electron chi connectivity index (χ3n) is 3.30. The highest BCUT2D eigenvalue weighted by molar-refractivity contribution is 5.98. The number of hydrogen-bond acceptors (Lipinski definition) is 2. The summed E-state index contributed by atoms with van der Waals surface area (Å²) in [6.45, 7) is 2.23. The van der Waals surface area contributed by atoms with E-state index in [4.69, 9.17) is 4.74 Å². The summed E-state index contributed by atoms with van der Waals surface area (Å²) in [6.07, 6.45) is 5.23. The minimum absolute atomic E-state index is 0.247. The van der Waals surface area contributed by atoms with Crippen molar-refractivity contribution in [3.63, 3.8) is 0 Å². The van der Waals surface area contributed by atoms with E-state index in [0.29, 0.717) is 12.2 Å². The van der Waals surface area contributed by atoms with Crippen molar-refractivity contribution in [1.82, 2.24) is 0 Å². The number of allylic oxidation sites excluding steroid dienone is 1. The van der Waals surface area contributed by atoms with Gasteiger partial charge in [0.05, 0.1) is 12.2 Å². The highest BCUT2D eigenvalue weighted by atomic mass is 16.5. The molecule has 0 fully saturated rings. The highest BCUT2D eigenvalue weighted by Gasteiger charge is 2.12. The van der Waals surface area contributed by atoms with Gasteiger partial charge in [0.2, 0.25) is 0 Å². The molecule has 0 aromatic heterocycles. The summed E-state index contributed by atoms with van der Waals surface area (Å²) in [6, 6.07) is 9.98. The molecule has 0 atom stereocenters. The molecule has 0 unspecified atom stereocenters. The van der Waals surface area contributed by atoms with Gasteiger partial charge in [0.25, 0.3) is 0 Å². The number of esters is 1. The number of carbonyl (C=O) groups excluding carboxylic acids is 1. The van der Waals surface area contributed by atoms with Gasteiger partial charge in [-0.15, -0.1) is 0 Å². The summed E-state index contributed by atoms with van der Waals surface area (Å²) >= 11 is 0. The van der Waals surface area contributed by atoms with Crippen molar-refractivity contribution in [2.45, 2.75) is 13.3 Å². The van der Waals surface area contributed by atoms with E-state index in [1.54, 1.807) is 0 Å². The van der Waals surface area contributed by atoms with Crippen molar-refractivity contribution in [3.8, 4) is 0 Å². The lowest BCUT2D eigenvalue weighted by Gasteiger charge is -2.08. The summed E-state index contributed by atoms with van der Waals surface area (Å²) in [5, 5.41) is 2.33. The largest absolute Gasteiger partial charge is 0.462 e. The third kappa shape index (κ3) is 1.70. The van der Waals surface area contributed by atoms with Gasteiger partial charge >= 0.3 is 5.97 Å². The van der Waals surface area contributed by atoms with Crippen molar-refractivity contribution in [2.75, 3.05) is 6.61 Å². The molecule has 2 heteroatoms. The predicted molar refractivity (Wildman–Crippen MR) is 72.6 cm³/mol.